The lowest BCUT2D eigenvalue weighted by Crippen LogP contribution is -2.17. The number of nitro groups is 1. The minimum Gasteiger partial charge on any atom is -0.493 e. The molecule has 0 saturated carbocycles. The van der Waals surface area contributed by atoms with Crippen molar-refractivity contribution in [3.05, 3.63) is 81.9 Å². The molecule has 0 heterocycles. The quantitative estimate of drug-likeness (QED) is 0.261. The molecular formula is C22H21N3O4. The number of ether oxygens (including phenoxy) is 1. The van der Waals surface area contributed by atoms with E-state index in [-0.39, 0.29) is 11.3 Å². The summed E-state index contributed by atoms with van der Waals surface area (Å²) in [6.07, 6.45) is 3.50. The van der Waals surface area contributed by atoms with Crippen LogP contribution in [0.4, 0.5) is 5.69 Å². The van der Waals surface area contributed by atoms with Crippen LogP contribution in [-0.2, 0) is 0 Å². The van der Waals surface area contributed by atoms with Crippen LogP contribution in [0.5, 0.6) is 5.75 Å². The van der Waals surface area contributed by atoms with Crippen molar-refractivity contribution in [2.45, 2.75) is 19.8 Å². The minimum atomic E-state index is -0.546. The van der Waals surface area contributed by atoms with Gasteiger partial charge in [0.05, 0.1) is 17.7 Å². The van der Waals surface area contributed by atoms with Crippen LogP contribution in [0, 0.1) is 10.1 Å². The molecule has 0 bridgehead atoms. The standard InChI is InChI=1S/C22H21N3O4/c1-2-3-13-29-21-12-11-16-7-4-5-10-19(16)20(21)15-23-24-22(26)17-8-6-9-18(14-17)25(27)28/h4-12,14-15H,2-3,13H2,1H3,(H,24,26)/b23-15+. The van der Waals surface area contributed by atoms with Crippen molar-refractivity contribution in [3.63, 3.8) is 0 Å². The molecule has 3 rings (SSSR count). The summed E-state index contributed by atoms with van der Waals surface area (Å²) in [5.41, 5.74) is 3.20. The van der Waals surface area contributed by atoms with Crippen LogP contribution in [-0.4, -0.2) is 23.7 Å². The molecule has 0 unspecified atom stereocenters. The number of hydrogen-bond acceptors (Lipinski definition) is 5. The van der Waals surface area contributed by atoms with Crippen molar-refractivity contribution in [1.82, 2.24) is 5.43 Å². The Kier molecular flexibility index (Phi) is 6.52. The Morgan fingerprint density at radius 2 is 2.00 bits per heavy atom. The Balaban J connectivity index is 1.83. The van der Waals surface area contributed by atoms with Gasteiger partial charge in [-0.05, 0) is 29.3 Å². The summed E-state index contributed by atoms with van der Waals surface area (Å²) in [6.45, 7) is 2.69. The molecular weight excluding hydrogens is 370 g/mol. The highest BCUT2D eigenvalue weighted by molar-refractivity contribution is 6.03. The van der Waals surface area contributed by atoms with Crippen molar-refractivity contribution in [3.8, 4) is 5.75 Å². The highest BCUT2D eigenvalue weighted by Crippen LogP contribution is 2.27. The molecule has 3 aromatic rings. The first kappa shape index (κ1) is 20.0. The van der Waals surface area contributed by atoms with E-state index in [0.717, 1.165) is 29.2 Å². The van der Waals surface area contributed by atoms with E-state index in [2.05, 4.69) is 17.5 Å². The van der Waals surface area contributed by atoms with Crippen molar-refractivity contribution in [1.29, 1.82) is 0 Å². The van der Waals surface area contributed by atoms with Crippen LogP contribution in [0.1, 0.15) is 35.7 Å². The van der Waals surface area contributed by atoms with Gasteiger partial charge in [0.1, 0.15) is 5.75 Å². The third-order valence-electron chi connectivity index (χ3n) is 4.37. The third kappa shape index (κ3) is 4.95. The van der Waals surface area contributed by atoms with Crippen LogP contribution in [0.2, 0.25) is 0 Å². The van der Waals surface area contributed by atoms with Crippen molar-refractivity contribution in [2.24, 2.45) is 5.10 Å². The maximum absolute atomic E-state index is 12.3. The highest BCUT2D eigenvalue weighted by Gasteiger charge is 2.11. The van der Waals surface area contributed by atoms with Gasteiger partial charge in [-0.2, -0.15) is 5.10 Å². The van der Waals surface area contributed by atoms with Crippen LogP contribution in [0.15, 0.2) is 65.8 Å². The van der Waals surface area contributed by atoms with Crippen molar-refractivity contribution < 1.29 is 14.5 Å². The molecule has 29 heavy (non-hydrogen) atoms. The molecule has 0 radical (unpaired) electrons. The molecule has 0 aliphatic heterocycles. The zero-order valence-electron chi connectivity index (χ0n) is 16.0. The molecule has 3 aromatic carbocycles. The average molecular weight is 391 g/mol. The SMILES string of the molecule is CCCCOc1ccc2ccccc2c1/C=N/NC(=O)c1cccc([N+](=O)[O-])c1. The van der Waals surface area contributed by atoms with Gasteiger partial charge >= 0.3 is 0 Å². The van der Waals surface area contributed by atoms with Crippen molar-refractivity contribution in [2.75, 3.05) is 6.61 Å². The molecule has 7 nitrogen and oxygen atoms in total. The van der Waals surface area contributed by atoms with Crippen LogP contribution < -0.4 is 10.2 Å². The number of amides is 1. The van der Waals surface area contributed by atoms with E-state index in [9.17, 15) is 14.9 Å². The van der Waals surface area contributed by atoms with Gasteiger partial charge in [-0.15, -0.1) is 0 Å². The van der Waals surface area contributed by atoms with Crippen LogP contribution in [0.3, 0.4) is 0 Å². The molecule has 0 aromatic heterocycles. The summed E-state index contributed by atoms with van der Waals surface area (Å²) in [4.78, 5) is 22.6. The normalized spacial score (nSPS) is 10.9. The molecule has 0 aliphatic carbocycles. The Labute approximate surface area is 168 Å². The lowest BCUT2D eigenvalue weighted by molar-refractivity contribution is -0.384. The molecule has 0 atom stereocenters. The predicted octanol–water partition coefficient (Wildman–Crippen LogP) is 4.69. The van der Waals surface area contributed by atoms with E-state index < -0.39 is 10.8 Å². The summed E-state index contributed by atoms with van der Waals surface area (Å²) in [5, 5.41) is 16.9. The lowest BCUT2D eigenvalue weighted by atomic mass is 10.0. The van der Waals surface area contributed by atoms with E-state index in [1.165, 1.54) is 24.3 Å². The van der Waals surface area contributed by atoms with Gasteiger partial charge in [0, 0.05) is 23.3 Å². The Morgan fingerprint density at radius 1 is 1.17 bits per heavy atom. The second kappa shape index (κ2) is 9.45. The number of nitrogens with one attached hydrogen (secondary N) is 1. The highest BCUT2D eigenvalue weighted by atomic mass is 16.6. The number of hydrazone groups is 1. The Hall–Kier alpha value is -3.74. The zero-order valence-corrected chi connectivity index (χ0v) is 16.0. The maximum Gasteiger partial charge on any atom is 0.271 e. The van der Waals surface area contributed by atoms with E-state index in [4.69, 9.17) is 4.74 Å². The largest absolute Gasteiger partial charge is 0.493 e. The average Bonchev–Trinajstić information content (AvgIpc) is 2.74. The van der Waals surface area contributed by atoms with Gasteiger partial charge in [0.15, 0.2) is 0 Å². The Morgan fingerprint density at radius 3 is 2.79 bits per heavy atom. The number of carbonyl (C=O) groups excluding carboxylic acids is 1. The number of benzene rings is 3. The van der Waals surface area contributed by atoms with Gasteiger partial charge in [0.25, 0.3) is 11.6 Å². The molecule has 0 aliphatic rings. The van der Waals surface area contributed by atoms with E-state index >= 15 is 0 Å². The maximum atomic E-state index is 12.3. The number of hydrogen-bond donors (Lipinski definition) is 1. The summed E-state index contributed by atoms with van der Waals surface area (Å²) >= 11 is 0. The minimum absolute atomic E-state index is 0.151. The first-order chi connectivity index (χ1) is 14.1. The number of non-ortho nitro benzene ring substituents is 1. The molecule has 1 N–H and O–H groups in total. The number of fused-ring (bicyclic) bond motifs is 1. The summed E-state index contributed by atoms with van der Waals surface area (Å²) < 4.78 is 5.89. The number of rotatable bonds is 8. The topological polar surface area (TPSA) is 93.8 Å². The first-order valence-corrected chi connectivity index (χ1v) is 9.32. The fourth-order valence-electron chi connectivity index (χ4n) is 2.84. The van der Waals surface area contributed by atoms with Gasteiger partial charge in [-0.25, -0.2) is 5.43 Å². The molecule has 1 amide bonds. The van der Waals surface area contributed by atoms with E-state index in [0.29, 0.717) is 12.4 Å². The molecule has 0 saturated heterocycles. The monoisotopic (exact) mass is 391 g/mol. The molecule has 0 fully saturated rings. The van der Waals surface area contributed by atoms with Gasteiger partial charge in [0.2, 0.25) is 0 Å². The number of carbonyl (C=O) groups is 1. The predicted molar refractivity (Wildman–Crippen MR) is 113 cm³/mol. The fourth-order valence-corrected chi connectivity index (χ4v) is 2.84. The summed E-state index contributed by atoms with van der Waals surface area (Å²) in [6, 6.07) is 17.2. The Bertz CT molecular complexity index is 1060. The van der Waals surface area contributed by atoms with Crippen LogP contribution in [0.25, 0.3) is 10.8 Å². The van der Waals surface area contributed by atoms with Gasteiger partial charge in [-0.1, -0.05) is 49.7 Å². The first-order valence-electron chi connectivity index (χ1n) is 9.32. The van der Waals surface area contributed by atoms with Gasteiger partial charge < -0.3 is 4.74 Å². The number of unbranched alkanes of at least 4 members (excludes halogenated alkanes) is 1. The van der Waals surface area contributed by atoms with E-state index in [1.807, 2.05) is 36.4 Å². The third-order valence-corrected chi connectivity index (χ3v) is 4.37. The van der Waals surface area contributed by atoms with Crippen molar-refractivity contribution >= 4 is 28.6 Å². The zero-order chi connectivity index (χ0) is 20.6. The second-order valence-corrected chi connectivity index (χ2v) is 6.41. The number of nitrogens with zero attached hydrogens (tertiary/aromatic N) is 2. The molecule has 7 heteroatoms. The second-order valence-electron chi connectivity index (χ2n) is 6.41. The smallest absolute Gasteiger partial charge is 0.271 e. The molecule has 0 spiro atoms. The fraction of sp³-hybridized carbons (Fsp3) is 0.182. The summed E-state index contributed by atoms with van der Waals surface area (Å²) in [5.74, 6) is 0.157. The number of nitro benzene ring substituents is 1. The van der Waals surface area contributed by atoms with Crippen LogP contribution >= 0.6 is 0 Å². The molecule has 148 valence electrons. The van der Waals surface area contributed by atoms with Gasteiger partial charge in [-0.3, -0.25) is 14.9 Å². The van der Waals surface area contributed by atoms with E-state index in [1.54, 1.807) is 6.21 Å². The summed E-state index contributed by atoms with van der Waals surface area (Å²) in [7, 11) is 0. The lowest BCUT2D eigenvalue weighted by Gasteiger charge is -2.11.